The molecular weight excluding hydrogens is 691 g/mol. The van der Waals surface area contributed by atoms with Crippen molar-refractivity contribution in [1.82, 2.24) is 31.9 Å². The molecule has 0 aliphatic carbocycles. The highest BCUT2D eigenvalue weighted by Gasteiger charge is 2.36. The summed E-state index contributed by atoms with van der Waals surface area (Å²) in [6, 6.07) is 3.86. The number of amides is 6. The highest BCUT2D eigenvalue weighted by atomic mass is 32.2. The van der Waals surface area contributed by atoms with E-state index >= 15 is 0 Å². The monoisotopic (exact) mass is 749 g/mol. The van der Waals surface area contributed by atoms with E-state index < -0.39 is 77.9 Å². The maximum absolute atomic E-state index is 13.5. The molecule has 7 atom stereocenters. The van der Waals surface area contributed by atoms with Crippen molar-refractivity contribution < 1.29 is 39.0 Å². The average Bonchev–Trinajstić information content (AvgIpc) is 3.10. The molecule has 1 aromatic carbocycles. The fourth-order valence-corrected chi connectivity index (χ4v) is 6.58. The number of aliphatic hydroxyl groups is 2. The Hall–Kier alpha value is -3.73. The lowest BCUT2D eigenvalue weighted by atomic mass is 10.0. The van der Waals surface area contributed by atoms with Crippen LogP contribution in [0.2, 0.25) is 0 Å². The summed E-state index contributed by atoms with van der Waals surface area (Å²) >= 11 is 1.43. The standard InChI is InChI=1S/C36H59N7O8S/c1-22(2)29(35(50)43-30(23(3)44)34(49)38-19-11-10-15-25-13-7-5-8-14-25)41-36(51)31(24(4)45)42-33(48)27-21-52-20-12-6-9-16-28(46)39-26(17-18-37)32(47)40-27/h5,7-8,13-14,22-24,26-27,29-31,44-45H,6,9-12,15-21,37H2,1-4H3,(H,38,49)(H,39,46)(H,40,47)(H,41,51)(H,42,48)(H,43,50)/t23-,24-,26+,27+,29+,30+,31+/m1/s1. The number of aliphatic hydroxyl groups excluding tert-OH is 2. The third kappa shape index (κ3) is 15.9. The third-order valence-corrected chi connectivity index (χ3v) is 9.77. The van der Waals surface area contributed by atoms with Gasteiger partial charge in [0, 0.05) is 18.7 Å². The fraction of sp³-hybridized carbons (Fsp3) is 0.667. The second-order valence-electron chi connectivity index (χ2n) is 13.6. The first kappa shape index (κ1) is 44.4. The van der Waals surface area contributed by atoms with Crippen LogP contribution >= 0.6 is 11.8 Å². The van der Waals surface area contributed by atoms with Gasteiger partial charge < -0.3 is 47.8 Å². The molecule has 1 aliphatic heterocycles. The van der Waals surface area contributed by atoms with E-state index in [9.17, 15) is 39.0 Å². The molecule has 0 aromatic heterocycles. The summed E-state index contributed by atoms with van der Waals surface area (Å²) in [5.74, 6) is -3.46. The van der Waals surface area contributed by atoms with E-state index in [4.69, 9.17) is 5.73 Å². The van der Waals surface area contributed by atoms with Crippen LogP contribution in [-0.4, -0.2) is 113 Å². The summed E-state index contributed by atoms with van der Waals surface area (Å²) in [7, 11) is 0. The molecule has 1 aliphatic rings. The van der Waals surface area contributed by atoms with E-state index in [-0.39, 0.29) is 31.0 Å². The van der Waals surface area contributed by atoms with E-state index in [1.54, 1.807) is 13.8 Å². The largest absolute Gasteiger partial charge is 0.391 e. The van der Waals surface area contributed by atoms with E-state index in [2.05, 4.69) is 31.9 Å². The average molecular weight is 750 g/mol. The number of unbranched alkanes of at least 4 members (excludes halogenated alkanes) is 1. The lowest BCUT2D eigenvalue weighted by Gasteiger charge is -2.29. The minimum absolute atomic E-state index is 0.122. The summed E-state index contributed by atoms with van der Waals surface area (Å²) in [6.45, 7) is 6.47. The maximum Gasteiger partial charge on any atom is 0.245 e. The minimum Gasteiger partial charge on any atom is -0.391 e. The summed E-state index contributed by atoms with van der Waals surface area (Å²) in [5, 5.41) is 36.6. The number of carbonyl (C=O) groups is 6. The van der Waals surface area contributed by atoms with Crippen LogP contribution in [0.15, 0.2) is 30.3 Å². The Balaban J connectivity index is 2.08. The molecule has 10 N–H and O–H groups in total. The van der Waals surface area contributed by atoms with E-state index in [0.29, 0.717) is 25.1 Å². The third-order valence-electron chi connectivity index (χ3n) is 8.62. The molecule has 292 valence electrons. The number of hydrogen-bond donors (Lipinski definition) is 9. The summed E-state index contributed by atoms with van der Waals surface area (Å²) in [6.07, 6.45) is 2.40. The Morgan fingerprint density at radius 2 is 1.48 bits per heavy atom. The van der Waals surface area contributed by atoms with Crippen molar-refractivity contribution in [2.24, 2.45) is 11.7 Å². The van der Waals surface area contributed by atoms with Gasteiger partial charge in [-0.15, -0.1) is 0 Å². The first-order valence-electron chi connectivity index (χ1n) is 18.2. The molecule has 0 saturated carbocycles. The van der Waals surface area contributed by atoms with Crippen molar-refractivity contribution >= 4 is 47.2 Å². The first-order valence-corrected chi connectivity index (χ1v) is 19.4. The first-order chi connectivity index (χ1) is 24.7. The van der Waals surface area contributed by atoms with Gasteiger partial charge in [-0.25, -0.2) is 0 Å². The number of benzene rings is 1. The van der Waals surface area contributed by atoms with Crippen LogP contribution in [0.4, 0.5) is 0 Å². The Labute approximate surface area is 311 Å². The number of thioether (sulfide) groups is 1. The highest BCUT2D eigenvalue weighted by Crippen LogP contribution is 2.12. The molecule has 0 unspecified atom stereocenters. The zero-order chi connectivity index (χ0) is 38.6. The maximum atomic E-state index is 13.5. The molecule has 0 bridgehead atoms. The number of rotatable bonds is 17. The Morgan fingerprint density at radius 3 is 2.12 bits per heavy atom. The van der Waals surface area contributed by atoms with Gasteiger partial charge in [-0.05, 0) is 76.2 Å². The van der Waals surface area contributed by atoms with Crippen LogP contribution in [0.25, 0.3) is 0 Å². The van der Waals surface area contributed by atoms with Gasteiger partial charge in [0.2, 0.25) is 35.4 Å². The quantitative estimate of drug-likeness (QED) is 0.0936. The molecule has 15 nitrogen and oxygen atoms in total. The van der Waals surface area contributed by atoms with Gasteiger partial charge in [-0.3, -0.25) is 28.8 Å². The zero-order valence-electron chi connectivity index (χ0n) is 30.8. The van der Waals surface area contributed by atoms with Gasteiger partial charge >= 0.3 is 0 Å². The molecule has 1 aromatic rings. The molecule has 2 rings (SSSR count). The smallest absolute Gasteiger partial charge is 0.245 e. The predicted molar refractivity (Wildman–Crippen MR) is 200 cm³/mol. The van der Waals surface area contributed by atoms with Crippen LogP contribution in [0, 0.1) is 5.92 Å². The zero-order valence-corrected chi connectivity index (χ0v) is 31.6. The fourth-order valence-electron chi connectivity index (χ4n) is 5.53. The van der Waals surface area contributed by atoms with E-state index in [1.807, 2.05) is 30.3 Å². The highest BCUT2D eigenvalue weighted by molar-refractivity contribution is 7.99. The number of nitrogens with two attached hydrogens (primary N) is 1. The number of nitrogens with one attached hydrogen (secondary N) is 6. The molecule has 0 spiro atoms. The van der Waals surface area contributed by atoms with Crippen molar-refractivity contribution in [1.29, 1.82) is 0 Å². The minimum atomic E-state index is -1.51. The number of carbonyl (C=O) groups excluding carboxylic acids is 6. The Kier molecular flexibility index (Phi) is 20.3. The molecule has 52 heavy (non-hydrogen) atoms. The topological polar surface area (TPSA) is 241 Å². The lowest BCUT2D eigenvalue weighted by molar-refractivity contribution is -0.137. The van der Waals surface area contributed by atoms with Crippen LogP contribution in [-0.2, 0) is 35.2 Å². The summed E-state index contributed by atoms with van der Waals surface area (Å²) in [5.41, 5.74) is 6.86. The molecule has 1 fully saturated rings. The van der Waals surface area contributed by atoms with E-state index in [1.165, 1.54) is 31.2 Å². The molecular formula is C36H59N7O8S. The van der Waals surface area contributed by atoms with Crippen LogP contribution < -0.4 is 37.6 Å². The van der Waals surface area contributed by atoms with Crippen molar-refractivity contribution in [3.8, 4) is 0 Å². The number of hydrogen-bond acceptors (Lipinski definition) is 10. The van der Waals surface area contributed by atoms with E-state index in [0.717, 1.165) is 25.7 Å². The molecule has 1 heterocycles. The van der Waals surface area contributed by atoms with Crippen LogP contribution in [0.3, 0.4) is 0 Å². The van der Waals surface area contributed by atoms with Gasteiger partial charge in [0.1, 0.15) is 30.2 Å². The summed E-state index contributed by atoms with van der Waals surface area (Å²) < 4.78 is 0. The van der Waals surface area contributed by atoms with Crippen molar-refractivity contribution in [3.05, 3.63) is 35.9 Å². The molecule has 1 saturated heterocycles. The molecule has 16 heteroatoms. The molecule has 6 amide bonds. The van der Waals surface area contributed by atoms with Crippen LogP contribution in [0.1, 0.15) is 78.2 Å². The van der Waals surface area contributed by atoms with Gasteiger partial charge in [-0.1, -0.05) is 50.6 Å². The Morgan fingerprint density at radius 1 is 0.846 bits per heavy atom. The Bertz CT molecular complexity index is 1300. The van der Waals surface area contributed by atoms with Gasteiger partial charge in [0.15, 0.2) is 0 Å². The second-order valence-corrected chi connectivity index (χ2v) is 14.7. The summed E-state index contributed by atoms with van der Waals surface area (Å²) in [4.78, 5) is 79.0. The molecule has 0 radical (unpaired) electrons. The van der Waals surface area contributed by atoms with Crippen molar-refractivity contribution in [2.45, 2.75) is 121 Å². The van der Waals surface area contributed by atoms with Gasteiger partial charge in [0.05, 0.1) is 12.2 Å². The SMILES string of the molecule is CC(C)[C@H](NC(=O)[C@@H](NC(=O)[C@@H]1CSCCCCCC(=O)N[C@@H](CCN)C(=O)N1)[C@@H](C)O)C(=O)N[C@H](C(=O)NCCCCc1ccccc1)[C@@H](C)O. The predicted octanol–water partition coefficient (Wildman–Crippen LogP) is -0.377. The van der Waals surface area contributed by atoms with Gasteiger partial charge in [0.25, 0.3) is 0 Å². The van der Waals surface area contributed by atoms with Crippen molar-refractivity contribution in [3.63, 3.8) is 0 Å². The van der Waals surface area contributed by atoms with Crippen LogP contribution in [0.5, 0.6) is 0 Å². The normalized spacial score (nSPS) is 20.2. The number of aryl methyl sites for hydroxylation is 1. The van der Waals surface area contributed by atoms with Gasteiger partial charge in [-0.2, -0.15) is 11.8 Å². The van der Waals surface area contributed by atoms with Crippen molar-refractivity contribution in [2.75, 3.05) is 24.6 Å². The lowest BCUT2D eigenvalue weighted by Crippen LogP contribution is -2.63. The second kappa shape index (κ2) is 23.8.